The van der Waals surface area contributed by atoms with Crippen molar-refractivity contribution in [2.45, 2.75) is 38.5 Å². The highest BCUT2D eigenvalue weighted by atomic mass is 32.2. The zero-order valence-corrected chi connectivity index (χ0v) is 12.0. The van der Waals surface area contributed by atoms with E-state index in [1.54, 1.807) is 11.3 Å². The highest BCUT2D eigenvalue weighted by Gasteiger charge is 2.02. The molecule has 6 heteroatoms. The molecule has 0 aliphatic carbocycles. The molecule has 0 fully saturated rings. The van der Waals surface area contributed by atoms with Gasteiger partial charge in [0.05, 0.1) is 12.4 Å². The van der Waals surface area contributed by atoms with Crippen molar-refractivity contribution in [3.05, 3.63) is 17.5 Å². The van der Waals surface area contributed by atoms with Gasteiger partial charge in [0.1, 0.15) is 0 Å². The number of rotatable bonds is 10. The molecule has 0 saturated carbocycles. The van der Waals surface area contributed by atoms with Crippen LogP contribution in [0, 0.1) is 0 Å². The molecule has 0 atom stereocenters. The number of ether oxygens (including phenoxy) is 1. The first-order chi connectivity index (χ1) is 8.58. The van der Waals surface area contributed by atoms with Gasteiger partial charge in [0.25, 0.3) is 10.1 Å². The quantitative estimate of drug-likeness (QED) is 0.530. The van der Waals surface area contributed by atoms with Crippen molar-refractivity contribution in [1.82, 2.24) is 0 Å². The first-order valence-corrected chi connectivity index (χ1v) is 8.68. The lowest BCUT2D eigenvalue weighted by Gasteiger charge is -2.03. The Labute approximate surface area is 113 Å². The van der Waals surface area contributed by atoms with Crippen LogP contribution in [0.3, 0.4) is 0 Å². The van der Waals surface area contributed by atoms with Gasteiger partial charge in [-0.2, -0.15) is 8.42 Å². The van der Waals surface area contributed by atoms with E-state index in [-0.39, 0.29) is 5.75 Å². The number of unbranched alkanes of at least 4 members (excludes halogenated alkanes) is 5. The molecule has 0 radical (unpaired) electrons. The van der Waals surface area contributed by atoms with Crippen LogP contribution in [0.25, 0.3) is 0 Å². The van der Waals surface area contributed by atoms with Gasteiger partial charge in [-0.3, -0.25) is 4.55 Å². The monoisotopic (exact) mass is 292 g/mol. The van der Waals surface area contributed by atoms with Gasteiger partial charge in [0, 0.05) is 0 Å². The third kappa shape index (κ3) is 8.49. The van der Waals surface area contributed by atoms with Crippen LogP contribution < -0.4 is 4.74 Å². The molecule has 0 amide bonds. The van der Waals surface area contributed by atoms with E-state index in [0.717, 1.165) is 43.8 Å². The van der Waals surface area contributed by atoms with Crippen molar-refractivity contribution in [1.29, 1.82) is 0 Å². The fraction of sp³-hybridized carbons (Fsp3) is 0.667. The predicted molar refractivity (Wildman–Crippen MR) is 73.9 cm³/mol. The standard InChI is InChI=1S/C12H20O4S2/c13-18(14,15)11-6-4-2-1-3-5-9-16-12-8-7-10-17-12/h7-8,10H,1-6,9,11H2,(H,13,14,15). The molecule has 1 rings (SSSR count). The fourth-order valence-electron chi connectivity index (χ4n) is 1.61. The minimum Gasteiger partial charge on any atom is -0.484 e. The summed E-state index contributed by atoms with van der Waals surface area (Å²) in [5, 5.41) is 2.95. The first-order valence-electron chi connectivity index (χ1n) is 6.19. The largest absolute Gasteiger partial charge is 0.484 e. The molecular weight excluding hydrogens is 272 g/mol. The lowest BCUT2D eigenvalue weighted by Crippen LogP contribution is -2.03. The average molecular weight is 292 g/mol. The van der Waals surface area contributed by atoms with Crippen LogP contribution in [0.1, 0.15) is 38.5 Å². The zero-order chi connectivity index (χ0) is 13.3. The molecule has 0 spiro atoms. The van der Waals surface area contributed by atoms with E-state index in [1.165, 1.54) is 0 Å². The number of hydrogen-bond donors (Lipinski definition) is 1. The Morgan fingerprint density at radius 3 is 2.39 bits per heavy atom. The van der Waals surface area contributed by atoms with Crippen LogP contribution in [0.2, 0.25) is 0 Å². The summed E-state index contributed by atoms with van der Waals surface area (Å²) < 4.78 is 35.0. The minimum absolute atomic E-state index is 0.117. The van der Waals surface area contributed by atoms with E-state index >= 15 is 0 Å². The molecule has 104 valence electrons. The Balaban J connectivity index is 1.84. The molecule has 1 aromatic heterocycles. The summed E-state index contributed by atoms with van der Waals surface area (Å²) in [6, 6.07) is 3.93. The van der Waals surface area contributed by atoms with Crippen LogP contribution in [-0.2, 0) is 10.1 Å². The molecule has 4 nitrogen and oxygen atoms in total. The van der Waals surface area contributed by atoms with Gasteiger partial charge in [0.15, 0.2) is 5.06 Å². The Hall–Kier alpha value is -0.590. The molecule has 0 unspecified atom stereocenters. The molecule has 1 heterocycles. The number of hydrogen-bond acceptors (Lipinski definition) is 4. The lowest BCUT2D eigenvalue weighted by atomic mass is 10.1. The predicted octanol–water partition coefficient (Wildman–Crippen LogP) is 3.36. The van der Waals surface area contributed by atoms with Crippen LogP contribution in [0.15, 0.2) is 17.5 Å². The average Bonchev–Trinajstić information content (AvgIpc) is 2.78. The maximum atomic E-state index is 10.5. The summed E-state index contributed by atoms with van der Waals surface area (Å²) in [6.45, 7) is 0.742. The Morgan fingerprint density at radius 1 is 1.11 bits per heavy atom. The second kappa shape index (κ2) is 8.50. The SMILES string of the molecule is O=S(=O)(O)CCCCCCCCOc1cccs1. The Kier molecular flexibility index (Phi) is 7.31. The van der Waals surface area contributed by atoms with Crippen molar-refractivity contribution in [2.75, 3.05) is 12.4 Å². The van der Waals surface area contributed by atoms with Gasteiger partial charge in [-0.1, -0.05) is 25.7 Å². The fourth-order valence-corrected chi connectivity index (χ4v) is 2.78. The molecule has 0 bridgehead atoms. The van der Waals surface area contributed by atoms with Crippen LogP contribution in [0.4, 0.5) is 0 Å². The van der Waals surface area contributed by atoms with E-state index in [2.05, 4.69) is 0 Å². The van der Waals surface area contributed by atoms with E-state index in [1.807, 2.05) is 17.5 Å². The maximum Gasteiger partial charge on any atom is 0.264 e. The Morgan fingerprint density at radius 2 is 1.78 bits per heavy atom. The van der Waals surface area contributed by atoms with E-state index in [9.17, 15) is 8.42 Å². The summed E-state index contributed by atoms with van der Waals surface area (Å²) in [6.07, 6.45) is 5.61. The molecule has 0 aliphatic heterocycles. The maximum absolute atomic E-state index is 10.5. The van der Waals surface area contributed by atoms with E-state index in [0.29, 0.717) is 6.42 Å². The van der Waals surface area contributed by atoms with E-state index in [4.69, 9.17) is 9.29 Å². The van der Waals surface area contributed by atoms with Gasteiger partial charge >= 0.3 is 0 Å². The summed E-state index contributed by atoms with van der Waals surface area (Å²) in [5.74, 6) is -0.117. The van der Waals surface area contributed by atoms with Crippen LogP contribution in [-0.4, -0.2) is 25.3 Å². The van der Waals surface area contributed by atoms with Crippen molar-refractivity contribution in [2.24, 2.45) is 0 Å². The summed E-state index contributed by atoms with van der Waals surface area (Å²) >= 11 is 1.60. The zero-order valence-electron chi connectivity index (χ0n) is 10.4. The molecule has 18 heavy (non-hydrogen) atoms. The van der Waals surface area contributed by atoms with Crippen molar-refractivity contribution < 1.29 is 17.7 Å². The second-order valence-corrected chi connectivity index (χ2v) is 6.67. The van der Waals surface area contributed by atoms with Crippen molar-refractivity contribution >= 4 is 21.5 Å². The third-order valence-corrected chi connectivity index (χ3v) is 4.12. The second-order valence-electron chi connectivity index (χ2n) is 4.19. The molecule has 1 aromatic rings. The number of thiophene rings is 1. The molecule has 0 aliphatic rings. The topological polar surface area (TPSA) is 63.6 Å². The van der Waals surface area contributed by atoms with Crippen LogP contribution >= 0.6 is 11.3 Å². The smallest absolute Gasteiger partial charge is 0.264 e. The van der Waals surface area contributed by atoms with Gasteiger partial charge in [0.2, 0.25) is 0 Å². The van der Waals surface area contributed by atoms with Gasteiger partial charge in [-0.15, -0.1) is 11.3 Å². The highest BCUT2D eigenvalue weighted by molar-refractivity contribution is 7.85. The summed E-state index contributed by atoms with van der Waals surface area (Å²) in [4.78, 5) is 0. The third-order valence-electron chi connectivity index (χ3n) is 2.54. The first kappa shape index (κ1) is 15.5. The summed E-state index contributed by atoms with van der Waals surface area (Å²) in [5.41, 5.74) is 0. The van der Waals surface area contributed by atoms with Crippen LogP contribution in [0.5, 0.6) is 5.06 Å². The molecule has 0 saturated heterocycles. The minimum atomic E-state index is -3.77. The highest BCUT2D eigenvalue weighted by Crippen LogP contribution is 2.18. The molecular formula is C12H20O4S2. The van der Waals surface area contributed by atoms with Crippen molar-refractivity contribution in [3.8, 4) is 5.06 Å². The van der Waals surface area contributed by atoms with Gasteiger partial charge in [-0.25, -0.2) is 0 Å². The Bertz CT molecular complexity index is 398. The van der Waals surface area contributed by atoms with E-state index < -0.39 is 10.1 Å². The lowest BCUT2D eigenvalue weighted by molar-refractivity contribution is 0.313. The molecule has 0 aromatic carbocycles. The molecule has 1 N–H and O–H groups in total. The van der Waals surface area contributed by atoms with Gasteiger partial charge in [-0.05, 0) is 30.4 Å². The normalized spacial score (nSPS) is 11.6. The van der Waals surface area contributed by atoms with Crippen molar-refractivity contribution in [3.63, 3.8) is 0 Å². The summed E-state index contributed by atoms with van der Waals surface area (Å²) in [7, 11) is -3.77. The van der Waals surface area contributed by atoms with Gasteiger partial charge < -0.3 is 4.74 Å².